The first-order valence-corrected chi connectivity index (χ1v) is 6.68. The van der Waals surface area contributed by atoms with E-state index in [1.54, 1.807) is 12.1 Å². The number of nitrogen functional groups attached to an aromatic ring is 2. The van der Waals surface area contributed by atoms with Gasteiger partial charge < -0.3 is 11.5 Å². The summed E-state index contributed by atoms with van der Waals surface area (Å²) in [6, 6.07) is 9.06. The first-order chi connectivity index (χ1) is 8.82. The van der Waals surface area contributed by atoms with Crippen LogP contribution in [0.5, 0.6) is 0 Å². The average molecular weight is 318 g/mol. The van der Waals surface area contributed by atoms with Gasteiger partial charge in [-0.1, -0.05) is 46.9 Å². The third-order valence-corrected chi connectivity index (χ3v) is 3.90. The normalized spacial score (nSPS) is 9.74. The Morgan fingerprint density at radius 2 is 1.37 bits per heavy atom. The van der Waals surface area contributed by atoms with Crippen molar-refractivity contribution in [1.29, 1.82) is 0 Å². The number of anilines is 2. The molecule has 2 aromatic carbocycles. The van der Waals surface area contributed by atoms with Crippen molar-refractivity contribution in [2.75, 3.05) is 11.5 Å². The van der Waals surface area contributed by atoms with Gasteiger partial charge >= 0.3 is 0 Å². The van der Waals surface area contributed by atoms with Crippen molar-refractivity contribution in [2.24, 2.45) is 0 Å². The van der Waals surface area contributed by atoms with Crippen molar-refractivity contribution >= 4 is 46.2 Å². The van der Waals surface area contributed by atoms with Crippen molar-refractivity contribution in [3.8, 4) is 0 Å². The lowest BCUT2D eigenvalue weighted by molar-refractivity contribution is 1.47. The number of rotatable bonds is 0. The van der Waals surface area contributed by atoms with Gasteiger partial charge in [0.25, 0.3) is 0 Å². The zero-order chi connectivity index (χ0) is 14.6. The first-order valence-electron chi connectivity index (χ1n) is 5.54. The highest BCUT2D eigenvalue weighted by Gasteiger charge is 2.02. The van der Waals surface area contributed by atoms with Gasteiger partial charge in [-0.25, -0.2) is 0 Å². The van der Waals surface area contributed by atoms with Gasteiger partial charge in [-0.15, -0.1) is 0 Å². The molecule has 0 bridgehead atoms. The Kier molecular flexibility index (Phi) is 5.80. The highest BCUT2D eigenvalue weighted by atomic mass is 35.5. The van der Waals surface area contributed by atoms with Crippen LogP contribution in [0.15, 0.2) is 30.3 Å². The largest absolute Gasteiger partial charge is 0.399 e. The van der Waals surface area contributed by atoms with E-state index in [9.17, 15) is 0 Å². The molecular formula is C14H15Cl3N2. The topological polar surface area (TPSA) is 52.0 Å². The van der Waals surface area contributed by atoms with Crippen LogP contribution in [0.1, 0.15) is 11.1 Å². The van der Waals surface area contributed by atoms with E-state index in [1.165, 1.54) is 0 Å². The number of hydrogen-bond donors (Lipinski definition) is 2. The van der Waals surface area contributed by atoms with E-state index in [0.29, 0.717) is 21.4 Å². The van der Waals surface area contributed by atoms with E-state index < -0.39 is 0 Å². The summed E-state index contributed by atoms with van der Waals surface area (Å²) in [6.45, 7) is 3.83. The number of halogens is 3. The van der Waals surface area contributed by atoms with Crippen LogP contribution in [0, 0.1) is 13.8 Å². The monoisotopic (exact) mass is 316 g/mol. The molecule has 0 saturated carbocycles. The van der Waals surface area contributed by atoms with E-state index in [4.69, 9.17) is 46.3 Å². The molecule has 0 unspecified atom stereocenters. The molecule has 4 N–H and O–H groups in total. The minimum atomic E-state index is 0.446. The quantitative estimate of drug-likeness (QED) is 0.663. The summed E-state index contributed by atoms with van der Waals surface area (Å²) in [5, 5.41) is 1.72. The summed E-state index contributed by atoms with van der Waals surface area (Å²) in [7, 11) is 0. The minimum Gasteiger partial charge on any atom is -0.399 e. The number of aryl methyl sites for hydroxylation is 2. The molecule has 0 amide bonds. The fourth-order valence-electron chi connectivity index (χ4n) is 1.27. The van der Waals surface area contributed by atoms with Crippen molar-refractivity contribution in [1.82, 2.24) is 0 Å². The van der Waals surface area contributed by atoms with E-state index in [2.05, 4.69) is 0 Å². The smallest absolute Gasteiger partial charge is 0.0824 e. The molecule has 0 saturated heterocycles. The maximum atomic E-state index is 5.77. The molecule has 0 aliphatic rings. The van der Waals surface area contributed by atoms with Gasteiger partial charge in [0.05, 0.1) is 15.7 Å². The summed E-state index contributed by atoms with van der Waals surface area (Å²) in [4.78, 5) is 0. The van der Waals surface area contributed by atoms with Crippen molar-refractivity contribution in [3.05, 3.63) is 56.5 Å². The van der Waals surface area contributed by atoms with Crippen LogP contribution in [0.25, 0.3) is 0 Å². The molecule has 2 nitrogen and oxygen atoms in total. The second-order valence-electron chi connectivity index (χ2n) is 4.11. The third kappa shape index (κ3) is 4.50. The zero-order valence-electron chi connectivity index (χ0n) is 10.7. The van der Waals surface area contributed by atoms with Crippen molar-refractivity contribution < 1.29 is 0 Å². The highest BCUT2D eigenvalue weighted by molar-refractivity contribution is 6.44. The lowest BCUT2D eigenvalue weighted by Gasteiger charge is -2.01. The van der Waals surface area contributed by atoms with Crippen LogP contribution in [-0.4, -0.2) is 0 Å². The van der Waals surface area contributed by atoms with Gasteiger partial charge in [0, 0.05) is 10.7 Å². The van der Waals surface area contributed by atoms with Crippen LogP contribution < -0.4 is 11.5 Å². The van der Waals surface area contributed by atoms with Crippen molar-refractivity contribution in [3.63, 3.8) is 0 Å². The van der Waals surface area contributed by atoms with Gasteiger partial charge in [0.2, 0.25) is 0 Å². The molecule has 0 aliphatic heterocycles. The van der Waals surface area contributed by atoms with Crippen LogP contribution in [0.4, 0.5) is 11.4 Å². The van der Waals surface area contributed by atoms with Crippen LogP contribution in [0.3, 0.4) is 0 Å². The Labute approximate surface area is 128 Å². The average Bonchev–Trinajstić information content (AvgIpc) is 2.37. The van der Waals surface area contributed by atoms with E-state index in [0.717, 1.165) is 16.1 Å². The molecule has 2 aromatic rings. The summed E-state index contributed by atoms with van der Waals surface area (Å²) in [6.07, 6.45) is 0. The van der Waals surface area contributed by atoms with E-state index >= 15 is 0 Å². The molecule has 5 heteroatoms. The highest BCUT2D eigenvalue weighted by Crippen LogP contribution is 2.30. The number of benzene rings is 2. The van der Waals surface area contributed by atoms with Gasteiger partial charge in [-0.2, -0.15) is 0 Å². The van der Waals surface area contributed by atoms with Crippen LogP contribution in [0.2, 0.25) is 15.1 Å². The molecule has 102 valence electrons. The molecule has 0 aromatic heterocycles. The molecule has 0 atom stereocenters. The Morgan fingerprint density at radius 1 is 0.789 bits per heavy atom. The third-order valence-electron chi connectivity index (χ3n) is 2.50. The Balaban J connectivity index is 0.000000191. The molecule has 2 rings (SSSR count). The molecular weight excluding hydrogens is 303 g/mol. The zero-order valence-corrected chi connectivity index (χ0v) is 12.9. The first kappa shape index (κ1) is 16.0. The predicted molar refractivity (Wildman–Crippen MR) is 86.2 cm³/mol. The number of hydrogen-bond acceptors (Lipinski definition) is 2. The Morgan fingerprint density at radius 3 is 1.84 bits per heavy atom. The van der Waals surface area contributed by atoms with Gasteiger partial charge in [-0.05, 0) is 43.2 Å². The van der Waals surface area contributed by atoms with Gasteiger partial charge in [0.1, 0.15) is 0 Å². The lowest BCUT2D eigenvalue weighted by atomic mass is 10.2. The van der Waals surface area contributed by atoms with Gasteiger partial charge in [0.15, 0.2) is 0 Å². The molecule has 0 radical (unpaired) electrons. The van der Waals surface area contributed by atoms with Crippen LogP contribution >= 0.6 is 34.8 Å². The van der Waals surface area contributed by atoms with E-state index in [1.807, 2.05) is 32.0 Å². The molecule has 19 heavy (non-hydrogen) atoms. The molecule has 0 fully saturated rings. The van der Waals surface area contributed by atoms with Crippen molar-refractivity contribution in [2.45, 2.75) is 13.8 Å². The standard InChI is InChI=1S/C7H7Cl2N.C7H8ClN/c1-4-2-3-5(10)7(9)6(4)8;1-5-2-3-6(9)4-7(5)8/h2-3H,10H2,1H3;2-4H,9H2,1H3. The van der Waals surface area contributed by atoms with Crippen LogP contribution in [-0.2, 0) is 0 Å². The second-order valence-corrected chi connectivity index (χ2v) is 5.27. The maximum absolute atomic E-state index is 5.77. The predicted octanol–water partition coefficient (Wildman–Crippen LogP) is 5.11. The lowest BCUT2D eigenvalue weighted by Crippen LogP contribution is -1.87. The summed E-state index contributed by atoms with van der Waals surface area (Å²) in [5.74, 6) is 0. The summed E-state index contributed by atoms with van der Waals surface area (Å²) >= 11 is 17.2. The maximum Gasteiger partial charge on any atom is 0.0824 e. The molecule has 0 aliphatic carbocycles. The fraction of sp³-hybridized carbons (Fsp3) is 0.143. The second kappa shape index (κ2) is 6.90. The van der Waals surface area contributed by atoms with Gasteiger partial charge in [-0.3, -0.25) is 0 Å². The Hall–Kier alpha value is -1.09. The minimum absolute atomic E-state index is 0.446. The summed E-state index contributed by atoms with van der Waals surface area (Å²) < 4.78 is 0. The fourth-order valence-corrected chi connectivity index (χ4v) is 1.84. The summed E-state index contributed by atoms with van der Waals surface area (Å²) in [5.41, 5.74) is 14.2. The van der Waals surface area contributed by atoms with E-state index in [-0.39, 0.29) is 0 Å². The molecule has 0 spiro atoms. The molecule has 0 heterocycles. The number of nitrogens with two attached hydrogens (primary N) is 2. The Bertz CT molecular complexity index is 556. The SMILES string of the molecule is Cc1ccc(N)c(Cl)c1Cl.Cc1ccc(N)cc1Cl.